The smallest absolute Gasteiger partial charge is 0.306 e. The van der Waals surface area contributed by atoms with E-state index in [4.69, 9.17) is 0 Å². The first-order valence-electron chi connectivity index (χ1n) is 7.91. The number of nitrogens with zero attached hydrogens (tertiary/aromatic N) is 3. The molecule has 0 radical (unpaired) electrons. The van der Waals surface area contributed by atoms with Gasteiger partial charge in [0, 0.05) is 5.69 Å². The van der Waals surface area contributed by atoms with Gasteiger partial charge in [0.05, 0.1) is 34.4 Å². The molecule has 0 bridgehead atoms. The van der Waals surface area contributed by atoms with Crippen LogP contribution in [0, 0.1) is 13.8 Å². The van der Waals surface area contributed by atoms with Crippen LogP contribution in [-0.2, 0) is 4.79 Å². The van der Waals surface area contributed by atoms with Crippen molar-refractivity contribution in [2.75, 3.05) is 11.1 Å². The van der Waals surface area contributed by atoms with Gasteiger partial charge >= 0.3 is 6.03 Å². The van der Waals surface area contributed by atoms with Crippen LogP contribution >= 0.6 is 11.8 Å². The number of pyridine rings is 1. The van der Waals surface area contributed by atoms with E-state index in [2.05, 4.69) is 25.6 Å². The number of amides is 3. The summed E-state index contributed by atoms with van der Waals surface area (Å²) in [5, 5.41) is 5.52. The van der Waals surface area contributed by atoms with Crippen LogP contribution in [0.1, 0.15) is 11.4 Å². The number of rotatable bonds is 4. The van der Waals surface area contributed by atoms with E-state index in [0.717, 1.165) is 22.4 Å². The fourth-order valence-electron chi connectivity index (χ4n) is 2.21. The van der Waals surface area contributed by atoms with Crippen LogP contribution in [0.25, 0.3) is 11.0 Å². The first-order valence-corrected chi connectivity index (χ1v) is 8.89. The lowest BCUT2D eigenvalue weighted by Gasteiger charge is -2.08. The SMILES string of the molecule is Cc1ccc(NC(=O)NC(=O)CSc2nc3ccccc3nc2C)cn1. The number of nitrogens with one attached hydrogen (secondary N) is 2. The second-order valence-electron chi connectivity index (χ2n) is 5.58. The van der Waals surface area contributed by atoms with E-state index in [1.807, 2.05) is 38.1 Å². The summed E-state index contributed by atoms with van der Waals surface area (Å²) in [6.07, 6.45) is 1.53. The molecule has 0 fully saturated rings. The van der Waals surface area contributed by atoms with Gasteiger partial charge in [-0.15, -0.1) is 0 Å². The van der Waals surface area contributed by atoms with E-state index in [1.54, 1.807) is 12.1 Å². The predicted octanol–water partition coefficient (Wildman–Crippen LogP) is 3.08. The van der Waals surface area contributed by atoms with Crippen LogP contribution in [0.3, 0.4) is 0 Å². The van der Waals surface area contributed by atoms with Gasteiger partial charge in [0.15, 0.2) is 0 Å². The van der Waals surface area contributed by atoms with Crippen LogP contribution in [0.2, 0.25) is 0 Å². The summed E-state index contributed by atoms with van der Waals surface area (Å²) in [5.74, 6) is -0.352. The lowest BCUT2D eigenvalue weighted by Crippen LogP contribution is -2.35. The fraction of sp³-hybridized carbons (Fsp3) is 0.167. The number of para-hydroxylation sites is 2. The van der Waals surface area contributed by atoms with Crippen LogP contribution in [0.5, 0.6) is 0 Å². The first kappa shape index (κ1) is 17.8. The van der Waals surface area contributed by atoms with Crippen molar-refractivity contribution in [2.24, 2.45) is 0 Å². The maximum atomic E-state index is 12.0. The maximum Gasteiger partial charge on any atom is 0.325 e. The Morgan fingerprint density at radius 1 is 1.04 bits per heavy atom. The Balaban J connectivity index is 1.56. The Labute approximate surface area is 154 Å². The summed E-state index contributed by atoms with van der Waals surface area (Å²) in [6, 6.07) is 10.4. The van der Waals surface area contributed by atoms with Gasteiger partial charge in [0.1, 0.15) is 5.03 Å². The van der Waals surface area contributed by atoms with Crippen molar-refractivity contribution in [3.63, 3.8) is 0 Å². The second kappa shape index (κ2) is 7.92. The molecule has 3 amide bonds. The zero-order valence-electron chi connectivity index (χ0n) is 14.3. The zero-order valence-corrected chi connectivity index (χ0v) is 15.1. The highest BCUT2D eigenvalue weighted by Crippen LogP contribution is 2.21. The molecular weight excluding hydrogens is 350 g/mol. The highest BCUT2D eigenvalue weighted by atomic mass is 32.2. The molecule has 1 aromatic carbocycles. The topological polar surface area (TPSA) is 96.9 Å². The van der Waals surface area contributed by atoms with Crippen molar-refractivity contribution >= 4 is 40.4 Å². The number of thioether (sulfide) groups is 1. The number of aromatic nitrogens is 3. The van der Waals surface area contributed by atoms with Crippen LogP contribution in [0.4, 0.5) is 10.5 Å². The van der Waals surface area contributed by atoms with Crippen molar-refractivity contribution < 1.29 is 9.59 Å². The normalized spacial score (nSPS) is 10.5. The van der Waals surface area contributed by atoms with Crippen molar-refractivity contribution in [3.8, 4) is 0 Å². The quantitative estimate of drug-likeness (QED) is 0.688. The summed E-state index contributed by atoms with van der Waals surface area (Å²) in [4.78, 5) is 36.9. The van der Waals surface area contributed by atoms with E-state index < -0.39 is 11.9 Å². The summed E-state index contributed by atoms with van der Waals surface area (Å²) in [7, 11) is 0. The molecule has 26 heavy (non-hydrogen) atoms. The average Bonchev–Trinajstić information content (AvgIpc) is 2.62. The van der Waals surface area contributed by atoms with Crippen LogP contribution < -0.4 is 10.6 Å². The van der Waals surface area contributed by atoms with Gasteiger partial charge in [-0.25, -0.2) is 14.8 Å². The summed E-state index contributed by atoms with van der Waals surface area (Å²) in [5.41, 5.74) is 3.69. The van der Waals surface area contributed by atoms with Gasteiger partial charge in [0.2, 0.25) is 5.91 Å². The molecule has 2 N–H and O–H groups in total. The van der Waals surface area contributed by atoms with E-state index in [9.17, 15) is 9.59 Å². The van der Waals surface area contributed by atoms with Crippen LogP contribution in [-0.4, -0.2) is 32.6 Å². The number of imide groups is 1. The zero-order chi connectivity index (χ0) is 18.5. The van der Waals surface area contributed by atoms with Gasteiger partial charge < -0.3 is 5.32 Å². The van der Waals surface area contributed by atoms with E-state index in [0.29, 0.717) is 10.7 Å². The number of hydrogen-bond acceptors (Lipinski definition) is 6. The number of hydrogen-bond donors (Lipinski definition) is 2. The predicted molar refractivity (Wildman–Crippen MR) is 101 cm³/mol. The minimum atomic E-state index is -0.595. The number of carbonyl (C=O) groups is 2. The molecule has 0 aliphatic heterocycles. The average molecular weight is 367 g/mol. The molecule has 0 unspecified atom stereocenters. The Kier molecular flexibility index (Phi) is 5.43. The van der Waals surface area contributed by atoms with Crippen molar-refractivity contribution in [1.29, 1.82) is 0 Å². The third-order valence-electron chi connectivity index (χ3n) is 3.46. The Hall–Kier alpha value is -3.00. The minimum absolute atomic E-state index is 0.0629. The minimum Gasteiger partial charge on any atom is -0.306 e. The van der Waals surface area contributed by atoms with Gasteiger partial charge in [-0.05, 0) is 38.1 Å². The van der Waals surface area contributed by atoms with Crippen molar-refractivity contribution in [1.82, 2.24) is 20.3 Å². The molecule has 8 heteroatoms. The third kappa shape index (κ3) is 4.54. The molecule has 0 spiro atoms. The molecule has 0 aliphatic rings. The Bertz CT molecular complexity index is 959. The van der Waals surface area contributed by atoms with Gasteiger partial charge in [-0.3, -0.25) is 15.1 Å². The van der Waals surface area contributed by atoms with Gasteiger partial charge in [-0.1, -0.05) is 23.9 Å². The number of anilines is 1. The van der Waals surface area contributed by atoms with E-state index >= 15 is 0 Å². The summed E-state index contributed by atoms with van der Waals surface area (Å²) in [6.45, 7) is 3.69. The standard InChI is InChI=1S/C18H17N5O2S/c1-11-7-8-13(9-19-11)21-18(25)23-16(24)10-26-17-12(2)20-14-5-3-4-6-15(14)22-17/h3-9H,10H2,1-2H3,(H2,21,23,24,25). The highest BCUT2D eigenvalue weighted by Gasteiger charge is 2.11. The molecule has 2 aromatic heterocycles. The van der Waals surface area contributed by atoms with Gasteiger partial charge in [0.25, 0.3) is 0 Å². The summed E-state index contributed by atoms with van der Waals surface area (Å²) < 4.78 is 0. The monoisotopic (exact) mass is 367 g/mol. The highest BCUT2D eigenvalue weighted by molar-refractivity contribution is 7.99. The van der Waals surface area contributed by atoms with E-state index in [1.165, 1.54) is 18.0 Å². The lowest BCUT2D eigenvalue weighted by molar-refractivity contribution is -0.117. The van der Waals surface area contributed by atoms with Gasteiger partial charge in [-0.2, -0.15) is 0 Å². The number of carbonyl (C=O) groups excluding carboxylic acids is 2. The Morgan fingerprint density at radius 2 is 1.77 bits per heavy atom. The Morgan fingerprint density at radius 3 is 2.46 bits per heavy atom. The molecule has 132 valence electrons. The molecule has 0 atom stereocenters. The number of urea groups is 1. The number of fused-ring (bicyclic) bond motifs is 1. The number of benzene rings is 1. The fourth-order valence-corrected chi connectivity index (χ4v) is 2.97. The molecule has 3 aromatic rings. The largest absolute Gasteiger partial charge is 0.325 e. The van der Waals surface area contributed by atoms with Crippen LogP contribution in [0.15, 0.2) is 47.6 Å². The van der Waals surface area contributed by atoms with Crippen molar-refractivity contribution in [2.45, 2.75) is 18.9 Å². The molecule has 7 nitrogen and oxygen atoms in total. The lowest BCUT2D eigenvalue weighted by atomic mass is 10.3. The number of aryl methyl sites for hydroxylation is 2. The molecule has 3 rings (SSSR count). The molecular formula is C18H17N5O2S. The molecule has 0 saturated heterocycles. The third-order valence-corrected chi connectivity index (χ3v) is 4.53. The van der Waals surface area contributed by atoms with E-state index in [-0.39, 0.29) is 5.75 Å². The summed E-state index contributed by atoms with van der Waals surface area (Å²) >= 11 is 1.24. The molecule has 0 aliphatic carbocycles. The molecule has 0 saturated carbocycles. The first-order chi connectivity index (χ1) is 12.5. The molecule has 2 heterocycles. The maximum absolute atomic E-state index is 12.0. The van der Waals surface area contributed by atoms with Crippen molar-refractivity contribution in [3.05, 3.63) is 54.0 Å². The second-order valence-corrected chi connectivity index (χ2v) is 6.55.